The SMILES string of the molecule is CCOc1cc(CNCC2CCCN2CC)cc(Cl)c1OCC.Cl.Cl. The molecule has 25 heavy (non-hydrogen) atoms. The number of likely N-dealkylation sites (N-methyl/N-ethyl adjacent to an activating group) is 1. The van der Waals surface area contributed by atoms with Crippen LogP contribution in [0.3, 0.4) is 0 Å². The normalized spacial score (nSPS) is 16.9. The van der Waals surface area contributed by atoms with Gasteiger partial charge in [0, 0.05) is 19.1 Å². The van der Waals surface area contributed by atoms with Crippen LogP contribution in [0.25, 0.3) is 0 Å². The van der Waals surface area contributed by atoms with E-state index in [-0.39, 0.29) is 24.8 Å². The fraction of sp³-hybridized carbons (Fsp3) is 0.667. The highest BCUT2D eigenvalue weighted by molar-refractivity contribution is 6.32. The van der Waals surface area contributed by atoms with E-state index >= 15 is 0 Å². The number of ether oxygens (including phenoxy) is 2. The van der Waals surface area contributed by atoms with E-state index in [9.17, 15) is 0 Å². The van der Waals surface area contributed by atoms with Crippen molar-refractivity contribution in [1.29, 1.82) is 0 Å². The predicted octanol–water partition coefficient (Wildman–Crippen LogP) is 4.55. The Kier molecular flexibility index (Phi) is 12.7. The summed E-state index contributed by atoms with van der Waals surface area (Å²) in [5.74, 6) is 1.38. The molecule has 0 aliphatic carbocycles. The first-order chi connectivity index (χ1) is 11.2. The highest BCUT2D eigenvalue weighted by atomic mass is 35.5. The minimum Gasteiger partial charge on any atom is -0.490 e. The van der Waals surface area contributed by atoms with Gasteiger partial charge in [0.25, 0.3) is 0 Å². The van der Waals surface area contributed by atoms with Crippen molar-refractivity contribution in [3.63, 3.8) is 0 Å². The third-order valence-corrected chi connectivity index (χ3v) is 4.55. The molecule has 1 aromatic rings. The van der Waals surface area contributed by atoms with Gasteiger partial charge in [0.2, 0.25) is 0 Å². The standard InChI is InChI=1S/C18H29ClN2O2.2ClH/c1-4-21-9-7-8-15(21)13-20-12-14-10-16(19)18(23-6-3)17(11-14)22-5-2;;/h10-11,15,20H,4-9,12-13H2,1-3H3;2*1H. The summed E-state index contributed by atoms with van der Waals surface area (Å²) in [7, 11) is 0. The lowest BCUT2D eigenvalue weighted by Gasteiger charge is -2.23. The van der Waals surface area contributed by atoms with Gasteiger partial charge in [0.1, 0.15) is 0 Å². The fourth-order valence-electron chi connectivity index (χ4n) is 3.20. The molecule has 0 bridgehead atoms. The van der Waals surface area contributed by atoms with Gasteiger partial charge < -0.3 is 14.8 Å². The maximum absolute atomic E-state index is 6.36. The third-order valence-electron chi connectivity index (χ3n) is 4.27. The second-order valence-corrected chi connectivity index (χ2v) is 6.23. The summed E-state index contributed by atoms with van der Waals surface area (Å²) in [6.45, 7) is 11.5. The molecule has 0 amide bonds. The molecule has 146 valence electrons. The van der Waals surface area contributed by atoms with E-state index in [0.717, 1.165) is 30.9 Å². The van der Waals surface area contributed by atoms with Crippen molar-refractivity contribution in [2.24, 2.45) is 0 Å². The van der Waals surface area contributed by atoms with Crippen LogP contribution < -0.4 is 14.8 Å². The first-order valence-corrected chi connectivity index (χ1v) is 9.10. The summed E-state index contributed by atoms with van der Waals surface area (Å²) in [5.41, 5.74) is 1.13. The van der Waals surface area contributed by atoms with Crippen molar-refractivity contribution in [2.75, 3.05) is 32.8 Å². The van der Waals surface area contributed by atoms with Gasteiger partial charge in [-0.3, -0.25) is 4.90 Å². The summed E-state index contributed by atoms with van der Waals surface area (Å²) < 4.78 is 11.3. The number of likely N-dealkylation sites (tertiary alicyclic amines) is 1. The Hall–Kier alpha value is -0.390. The van der Waals surface area contributed by atoms with Gasteiger partial charge in [-0.05, 0) is 57.5 Å². The predicted molar refractivity (Wildman–Crippen MR) is 110 cm³/mol. The highest BCUT2D eigenvalue weighted by Crippen LogP contribution is 2.36. The van der Waals surface area contributed by atoms with Crippen molar-refractivity contribution in [3.8, 4) is 11.5 Å². The number of hydrogen-bond acceptors (Lipinski definition) is 4. The van der Waals surface area contributed by atoms with Gasteiger partial charge in [-0.2, -0.15) is 0 Å². The van der Waals surface area contributed by atoms with Crippen LogP contribution in [0.2, 0.25) is 5.02 Å². The number of nitrogens with zero attached hydrogens (tertiary/aromatic N) is 1. The minimum absolute atomic E-state index is 0. The van der Waals surface area contributed by atoms with Gasteiger partial charge in [0.15, 0.2) is 11.5 Å². The molecule has 1 aromatic carbocycles. The number of halogens is 3. The molecule has 4 nitrogen and oxygen atoms in total. The van der Waals surface area contributed by atoms with E-state index in [1.54, 1.807) is 0 Å². The Morgan fingerprint density at radius 2 is 1.88 bits per heavy atom. The first kappa shape index (κ1) is 24.6. The topological polar surface area (TPSA) is 33.7 Å². The van der Waals surface area contributed by atoms with Crippen LogP contribution in [0.15, 0.2) is 12.1 Å². The molecule has 1 atom stereocenters. The van der Waals surface area contributed by atoms with Crippen molar-refractivity contribution in [1.82, 2.24) is 10.2 Å². The second kappa shape index (κ2) is 12.9. The maximum atomic E-state index is 6.36. The van der Waals surface area contributed by atoms with Crippen LogP contribution in [0.5, 0.6) is 11.5 Å². The first-order valence-electron chi connectivity index (χ1n) is 8.72. The van der Waals surface area contributed by atoms with E-state index in [2.05, 4.69) is 17.1 Å². The number of rotatable bonds is 9. The van der Waals surface area contributed by atoms with Crippen LogP contribution in [0.1, 0.15) is 39.2 Å². The Labute approximate surface area is 169 Å². The van der Waals surface area contributed by atoms with Gasteiger partial charge in [-0.25, -0.2) is 0 Å². The van der Waals surface area contributed by atoms with Crippen LogP contribution in [0.4, 0.5) is 0 Å². The molecule has 1 saturated heterocycles. The average molecular weight is 414 g/mol. The minimum atomic E-state index is 0. The van der Waals surface area contributed by atoms with E-state index < -0.39 is 0 Å². The zero-order valence-electron chi connectivity index (χ0n) is 15.3. The van der Waals surface area contributed by atoms with Crippen molar-refractivity contribution < 1.29 is 9.47 Å². The van der Waals surface area contributed by atoms with Crippen molar-refractivity contribution >= 4 is 36.4 Å². The zero-order chi connectivity index (χ0) is 16.7. The van der Waals surface area contributed by atoms with Gasteiger partial charge in [-0.15, -0.1) is 24.8 Å². The molecule has 1 aliphatic heterocycles. The number of hydrogen-bond donors (Lipinski definition) is 1. The largest absolute Gasteiger partial charge is 0.490 e. The van der Waals surface area contributed by atoms with Crippen molar-refractivity contribution in [2.45, 2.75) is 46.2 Å². The molecular formula is C18H31Cl3N2O2. The highest BCUT2D eigenvalue weighted by Gasteiger charge is 2.22. The van der Waals surface area contributed by atoms with Crippen LogP contribution in [-0.2, 0) is 6.54 Å². The maximum Gasteiger partial charge on any atom is 0.179 e. The summed E-state index contributed by atoms with van der Waals surface area (Å²) in [6.07, 6.45) is 2.60. The summed E-state index contributed by atoms with van der Waals surface area (Å²) in [6, 6.07) is 4.65. The van der Waals surface area contributed by atoms with Crippen LogP contribution in [0, 0.1) is 0 Å². The summed E-state index contributed by atoms with van der Waals surface area (Å²) in [4.78, 5) is 2.55. The molecule has 2 rings (SSSR count). The summed E-state index contributed by atoms with van der Waals surface area (Å²) in [5, 5.41) is 4.18. The van der Waals surface area contributed by atoms with E-state index in [4.69, 9.17) is 21.1 Å². The Bertz CT molecular complexity index is 503. The lowest BCUT2D eigenvalue weighted by Crippen LogP contribution is -2.37. The Morgan fingerprint density at radius 1 is 1.16 bits per heavy atom. The van der Waals surface area contributed by atoms with Crippen LogP contribution >= 0.6 is 36.4 Å². The van der Waals surface area contributed by atoms with Gasteiger partial charge in [0.05, 0.1) is 18.2 Å². The van der Waals surface area contributed by atoms with E-state index in [1.165, 1.54) is 19.4 Å². The molecule has 0 spiro atoms. The number of nitrogens with one attached hydrogen (secondary N) is 1. The fourth-order valence-corrected chi connectivity index (χ4v) is 3.48. The smallest absolute Gasteiger partial charge is 0.179 e. The molecular weight excluding hydrogens is 383 g/mol. The lowest BCUT2D eigenvalue weighted by atomic mass is 10.1. The molecule has 1 heterocycles. The third kappa shape index (κ3) is 7.03. The number of benzene rings is 1. The van der Waals surface area contributed by atoms with Crippen molar-refractivity contribution in [3.05, 3.63) is 22.7 Å². The summed E-state index contributed by atoms with van der Waals surface area (Å²) >= 11 is 6.36. The Morgan fingerprint density at radius 3 is 2.52 bits per heavy atom. The molecule has 1 aliphatic rings. The van der Waals surface area contributed by atoms with Crippen LogP contribution in [-0.4, -0.2) is 43.8 Å². The molecule has 1 N–H and O–H groups in total. The molecule has 0 radical (unpaired) electrons. The van der Waals surface area contributed by atoms with Gasteiger partial charge in [-0.1, -0.05) is 18.5 Å². The Balaban J connectivity index is 0.00000288. The average Bonchev–Trinajstić information content (AvgIpc) is 2.98. The quantitative estimate of drug-likeness (QED) is 0.643. The second-order valence-electron chi connectivity index (χ2n) is 5.83. The van der Waals surface area contributed by atoms with E-state index in [1.807, 2.05) is 26.0 Å². The molecule has 0 saturated carbocycles. The molecule has 7 heteroatoms. The monoisotopic (exact) mass is 412 g/mol. The molecule has 0 aromatic heterocycles. The lowest BCUT2D eigenvalue weighted by molar-refractivity contribution is 0.259. The molecule has 1 fully saturated rings. The molecule has 1 unspecified atom stereocenters. The van der Waals surface area contributed by atoms with E-state index in [0.29, 0.717) is 30.0 Å². The zero-order valence-corrected chi connectivity index (χ0v) is 17.7. The van der Waals surface area contributed by atoms with Gasteiger partial charge >= 0.3 is 0 Å².